The number of hydrogen-bond acceptors (Lipinski definition) is 15. The van der Waals surface area contributed by atoms with Gasteiger partial charge in [-0.3, -0.25) is 16.0 Å². The Labute approximate surface area is 162 Å². The third kappa shape index (κ3) is 8.96. The number of aliphatic hydroxyl groups excluding tert-OH is 8. The Hall–Kier alpha value is -0.383. The molecule has 0 aromatic rings. The highest BCUT2D eigenvalue weighted by Crippen LogP contribution is 2.16. The van der Waals surface area contributed by atoms with Crippen LogP contribution in [0.3, 0.4) is 0 Å². The summed E-state index contributed by atoms with van der Waals surface area (Å²) in [7, 11) is 0.671. The first-order valence-corrected chi connectivity index (χ1v) is 10.00. The summed E-state index contributed by atoms with van der Waals surface area (Å²) in [6.45, 7) is 0. The van der Waals surface area contributed by atoms with Crippen molar-refractivity contribution < 1.29 is 54.1 Å². The van der Waals surface area contributed by atoms with Gasteiger partial charge in [0.15, 0.2) is 0 Å². The van der Waals surface area contributed by atoms with Crippen molar-refractivity contribution in [2.75, 3.05) is 21.3 Å². The molecule has 170 valence electrons. The van der Waals surface area contributed by atoms with E-state index in [1.54, 1.807) is 0 Å². The molecule has 0 saturated heterocycles. The molecule has 0 aliphatic rings. The average Bonchev–Trinajstić information content (AvgIpc) is 2.65. The Morgan fingerprint density at radius 3 is 1.29 bits per heavy atom. The highest BCUT2D eigenvalue weighted by atomic mass is 28.4. The van der Waals surface area contributed by atoms with Crippen molar-refractivity contribution in [3.63, 3.8) is 0 Å². The van der Waals surface area contributed by atoms with Gasteiger partial charge in [-0.25, -0.2) is 0 Å². The summed E-state index contributed by atoms with van der Waals surface area (Å²) in [4.78, 5) is 0. The first-order valence-electron chi connectivity index (χ1n) is 8.06. The first kappa shape index (κ1) is 27.6. The van der Waals surface area contributed by atoms with Crippen LogP contribution >= 0.6 is 0 Å². The zero-order chi connectivity index (χ0) is 22.1. The molecule has 0 radical (unpaired) electrons. The molecule has 8 atom stereocenters. The third-order valence-corrected chi connectivity index (χ3v) is 6.49. The topological polar surface area (TPSA) is 252 Å². The van der Waals surface area contributed by atoms with E-state index in [2.05, 4.69) is 5.32 Å². The van der Waals surface area contributed by atoms with Crippen LogP contribution in [0.25, 0.3) is 0 Å². The summed E-state index contributed by atoms with van der Waals surface area (Å²) in [6, 6.07) is -0.245. The van der Waals surface area contributed by atoms with Crippen LogP contribution in [0.5, 0.6) is 0 Å². The molecule has 0 aliphatic heterocycles. The molecule has 0 fully saturated rings. The van der Waals surface area contributed by atoms with Crippen LogP contribution in [0, 0.1) is 0 Å². The second-order valence-electron chi connectivity index (χ2n) is 5.73. The zero-order valence-corrected chi connectivity index (χ0v) is 16.7. The van der Waals surface area contributed by atoms with Gasteiger partial charge in [-0.15, -0.1) is 0 Å². The highest BCUT2D eigenvalue weighted by Gasteiger charge is 2.42. The summed E-state index contributed by atoms with van der Waals surface area (Å²) in [5, 5.41) is 82.7. The van der Waals surface area contributed by atoms with Gasteiger partial charge in [-0.2, -0.15) is 0 Å². The van der Waals surface area contributed by atoms with E-state index in [0.29, 0.717) is 0 Å². The van der Waals surface area contributed by atoms with Crippen LogP contribution in [-0.2, 0) is 13.3 Å². The second kappa shape index (κ2) is 13.0. The van der Waals surface area contributed by atoms with Crippen LogP contribution in [0.15, 0.2) is 0 Å². The third-order valence-electron chi connectivity index (χ3n) is 3.70. The normalized spacial score (nSPS) is 21.4. The molecule has 0 spiro atoms. The summed E-state index contributed by atoms with van der Waals surface area (Å²) < 4.78 is 15.3. The molecule has 0 heterocycles. The van der Waals surface area contributed by atoms with Gasteiger partial charge >= 0.3 is 8.80 Å². The quantitative estimate of drug-likeness (QED) is 0.0841. The molecule has 0 aromatic carbocycles. The van der Waals surface area contributed by atoms with Crippen LogP contribution in [-0.4, -0.2) is 121 Å². The smallest absolute Gasteiger partial charge is 0.389 e. The minimum absolute atomic E-state index is 0.245. The standard InChI is InChI=1S/C12H32N4O11Si/c1-25-28(26-2,27-3)4-5(17)7(19)14-9(21)11(23)16-12(24)10(22)15-8(20)6(13)18/h5-12,14-24H,4,13H2,1-3H3. The van der Waals surface area contributed by atoms with E-state index >= 15 is 0 Å². The predicted molar refractivity (Wildman–Crippen MR) is 93.2 cm³/mol. The fourth-order valence-electron chi connectivity index (χ4n) is 1.97. The molecule has 13 N–H and O–H groups in total. The maximum atomic E-state index is 10.0. The maximum Gasteiger partial charge on any atom is 0.502 e. The average molecular weight is 436 g/mol. The van der Waals surface area contributed by atoms with Gasteiger partial charge in [0, 0.05) is 27.4 Å². The minimum atomic E-state index is -3.23. The van der Waals surface area contributed by atoms with E-state index in [4.69, 9.17) is 24.1 Å². The molecule has 0 amide bonds. The van der Waals surface area contributed by atoms with Crippen LogP contribution < -0.4 is 21.7 Å². The summed E-state index contributed by atoms with van der Waals surface area (Å²) in [5.74, 6) is 0. The number of aliphatic hydroxyl groups is 8. The highest BCUT2D eigenvalue weighted by molar-refractivity contribution is 6.60. The number of nitrogens with one attached hydrogen (secondary N) is 3. The lowest BCUT2D eigenvalue weighted by Crippen LogP contribution is -2.61. The Kier molecular flexibility index (Phi) is 12.8. The van der Waals surface area contributed by atoms with Crippen molar-refractivity contribution in [3.8, 4) is 0 Å². The molecule has 15 nitrogen and oxygen atoms in total. The Bertz CT molecular complexity index is 415. The van der Waals surface area contributed by atoms with Gasteiger partial charge in [0.05, 0.1) is 6.10 Å². The molecular formula is C12H32N4O11Si. The van der Waals surface area contributed by atoms with Gasteiger partial charge in [-0.1, -0.05) is 0 Å². The van der Waals surface area contributed by atoms with Crippen molar-refractivity contribution in [3.05, 3.63) is 0 Å². The van der Waals surface area contributed by atoms with Crippen molar-refractivity contribution >= 4 is 8.80 Å². The SMILES string of the molecule is CO[Si](CC(O)C(O)NC(O)C(O)NC(O)C(O)NC(O)C(N)O)(OC)OC. The molecule has 16 heteroatoms. The molecule has 0 bridgehead atoms. The molecule has 28 heavy (non-hydrogen) atoms. The minimum Gasteiger partial charge on any atom is -0.389 e. The summed E-state index contributed by atoms with van der Waals surface area (Å²) >= 11 is 0. The molecule has 0 aliphatic carbocycles. The van der Waals surface area contributed by atoms with Gasteiger partial charge in [0.1, 0.15) is 43.6 Å². The number of nitrogens with two attached hydrogens (primary N) is 1. The van der Waals surface area contributed by atoms with Crippen molar-refractivity contribution in [1.29, 1.82) is 0 Å². The van der Waals surface area contributed by atoms with Crippen molar-refractivity contribution in [1.82, 2.24) is 16.0 Å². The lowest BCUT2D eigenvalue weighted by Gasteiger charge is -2.31. The summed E-state index contributed by atoms with van der Waals surface area (Å²) in [5.41, 5.74) is 4.95. The van der Waals surface area contributed by atoms with E-state index < -0.39 is 58.5 Å². The first-order chi connectivity index (χ1) is 12.9. The van der Waals surface area contributed by atoms with Crippen LogP contribution in [0.4, 0.5) is 0 Å². The van der Waals surface area contributed by atoms with Crippen molar-refractivity contribution in [2.24, 2.45) is 5.73 Å². The van der Waals surface area contributed by atoms with E-state index in [9.17, 15) is 35.7 Å². The molecule has 0 aromatic heterocycles. The van der Waals surface area contributed by atoms with Crippen LogP contribution in [0.1, 0.15) is 0 Å². The Morgan fingerprint density at radius 1 is 0.643 bits per heavy atom. The summed E-state index contributed by atoms with van der Waals surface area (Å²) in [6.07, 6.45) is -14.5. The monoisotopic (exact) mass is 436 g/mol. The van der Waals surface area contributed by atoms with Crippen LogP contribution in [0.2, 0.25) is 6.04 Å². The largest absolute Gasteiger partial charge is 0.502 e. The lowest BCUT2D eigenvalue weighted by molar-refractivity contribution is -0.124. The fourth-order valence-corrected chi connectivity index (χ4v) is 3.70. The number of rotatable bonds is 15. The fraction of sp³-hybridized carbons (Fsp3) is 1.00. The van der Waals surface area contributed by atoms with Gasteiger partial charge in [0.25, 0.3) is 0 Å². The van der Waals surface area contributed by atoms with E-state index in [1.165, 1.54) is 21.3 Å². The molecular weight excluding hydrogens is 404 g/mol. The Morgan fingerprint density at radius 2 is 0.964 bits per heavy atom. The number of hydrogen-bond donors (Lipinski definition) is 12. The van der Waals surface area contributed by atoms with Gasteiger partial charge in [-0.05, 0) is 0 Å². The molecule has 8 unspecified atom stereocenters. The zero-order valence-electron chi connectivity index (χ0n) is 15.7. The van der Waals surface area contributed by atoms with Crippen molar-refractivity contribution in [2.45, 2.75) is 55.7 Å². The van der Waals surface area contributed by atoms with E-state index in [-0.39, 0.29) is 6.04 Å². The Balaban J connectivity index is 4.61. The predicted octanol–water partition coefficient (Wildman–Crippen LogP) is -6.82. The maximum absolute atomic E-state index is 10.0. The lowest BCUT2D eigenvalue weighted by atomic mass is 10.3. The second-order valence-corrected chi connectivity index (χ2v) is 8.73. The molecule has 0 rings (SSSR count). The molecule has 0 saturated carbocycles. The van der Waals surface area contributed by atoms with E-state index in [0.717, 1.165) is 0 Å². The van der Waals surface area contributed by atoms with Gasteiger partial charge < -0.3 is 59.9 Å². The van der Waals surface area contributed by atoms with E-state index in [1.807, 2.05) is 10.6 Å². The van der Waals surface area contributed by atoms with Gasteiger partial charge in [0.2, 0.25) is 0 Å².